The van der Waals surface area contributed by atoms with E-state index >= 15 is 0 Å². The van der Waals surface area contributed by atoms with Crippen LogP contribution in [0, 0.1) is 0 Å². The van der Waals surface area contributed by atoms with Crippen LogP contribution in [0.3, 0.4) is 0 Å². The van der Waals surface area contributed by atoms with Crippen LogP contribution in [-0.4, -0.2) is 22.9 Å². The minimum Gasteiger partial charge on any atom is -0.478 e. The van der Waals surface area contributed by atoms with E-state index in [-0.39, 0.29) is 28.1 Å². The van der Waals surface area contributed by atoms with Crippen molar-refractivity contribution >= 4 is 40.8 Å². The minimum absolute atomic E-state index is 0.0541. The first kappa shape index (κ1) is 14.1. The van der Waals surface area contributed by atoms with E-state index in [9.17, 15) is 14.4 Å². The SMILES string of the molecule is Nc1cc(N2C(=O)c3ccc(C(=O)O)cc3C2=O)ccc1Cl. The summed E-state index contributed by atoms with van der Waals surface area (Å²) >= 11 is 5.83. The van der Waals surface area contributed by atoms with Crippen LogP contribution in [0.5, 0.6) is 0 Å². The van der Waals surface area contributed by atoms with Crippen LogP contribution in [0.25, 0.3) is 0 Å². The first-order chi connectivity index (χ1) is 10.4. The van der Waals surface area contributed by atoms with Crippen molar-refractivity contribution in [2.24, 2.45) is 0 Å². The molecule has 2 amide bonds. The van der Waals surface area contributed by atoms with E-state index < -0.39 is 17.8 Å². The van der Waals surface area contributed by atoms with E-state index in [4.69, 9.17) is 22.4 Å². The van der Waals surface area contributed by atoms with Crippen LogP contribution >= 0.6 is 11.6 Å². The lowest BCUT2D eigenvalue weighted by atomic mass is 10.1. The number of hydrogen-bond donors (Lipinski definition) is 2. The maximum Gasteiger partial charge on any atom is 0.335 e. The molecule has 2 aromatic rings. The Labute approximate surface area is 129 Å². The number of amides is 2. The van der Waals surface area contributed by atoms with E-state index in [2.05, 4.69) is 0 Å². The van der Waals surface area contributed by atoms with Gasteiger partial charge in [-0.2, -0.15) is 0 Å². The zero-order valence-corrected chi connectivity index (χ0v) is 11.8. The van der Waals surface area contributed by atoms with Crippen molar-refractivity contribution in [1.82, 2.24) is 0 Å². The molecule has 1 aliphatic rings. The first-order valence-electron chi connectivity index (χ1n) is 6.21. The molecule has 3 N–H and O–H groups in total. The lowest BCUT2D eigenvalue weighted by molar-refractivity contribution is 0.0696. The largest absolute Gasteiger partial charge is 0.478 e. The number of nitrogen functional groups attached to an aromatic ring is 1. The highest BCUT2D eigenvalue weighted by molar-refractivity contribution is 6.36. The predicted molar refractivity (Wildman–Crippen MR) is 80.4 cm³/mol. The van der Waals surface area contributed by atoms with E-state index in [1.54, 1.807) is 0 Å². The number of carboxylic acid groups (broad SMARTS) is 1. The van der Waals surface area contributed by atoms with Crippen molar-refractivity contribution in [1.29, 1.82) is 0 Å². The number of rotatable bonds is 2. The summed E-state index contributed by atoms with van der Waals surface area (Å²) in [5.41, 5.74) is 6.36. The Morgan fingerprint density at radius 1 is 1.05 bits per heavy atom. The quantitative estimate of drug-likeness (QED) is 0.654. The average molecular weight is 317 g/mol. The number of anilines is 2. The molecule has 1 aliphatic heterocycles. The Kier molecular flexibility index (Phi) is 3.11. The molecule has 0 aromatic heterocycles. The number of benzene rings is 2. The molecular weight excluding hydrogens is 308 g/mol. The number of carbonyl (C=O) groups excluding carboxylic acids is 2. The number of nitrogens with two attached hydrogens (primary N) is 1. The molecule has 110 valence electrons. The molecule has 1 heterocycles. The maximum atomic E-state index is 12.4. The van der Waals surface area contributed by atoms with Gasteiger partial charge in [0.25, 0.3) is 11.8 Å². The zero-order valence-electron chi connectivity index (χ0n) is 11.0. The van der Waals surface area contributed by atoms with Crippen molar-refractivity contribution in [3.8, 4) is 0 Å². The van der Waals surface area contributed by atoms with Gasteiger partial charge in [-0.25, -0.2) is 9.69 Å². The van der Waals surface area contributed by atoms with Crippen molar-refractivity contribution in [3.05, 3.63) is 58.1 Å². The number of carbonyl (C=O) groups is 3. The highest BCUT2D eigenvalue weighted by Crippen LogP contribution is 2.32. The van der Waals surface area contributed by atoms with Crippen LogP contribution in [-0.2, 0) is 0 Å². The Balaban J connectivity index is 2.09. The van der Waals surface area contributed by atoms with E-state index in [1.807, 2.05) is 0 Å². The van der Waals surface area contributed by atoms with Crippen LogP contribution < -0.4 is 10.6 Å². The number of aromatic carboxylic acids is 1. The summed E-state index contributed by atoms with van der Waals surface area (Å²) in [6, 6.07) is 8.21. The van der Waals surface area contributed by atoms with Gasteiger partial charge in [0.05, 0.1) is 33.1 Å². The Morgan fingerprint density at radius 2 is 1.73 bits per heavy atom. The third-order valence-electron chi connectivity index (χ3n) is 3.37. The molecule has 0 unspecified atom stereocenters. The molecule has 0 atom stereocenters. The fourth-order valence-corrected chi connectivity index (χ4v) is 2.40. The average Bonchev–Trinajstić information content (AvgIpc) is 2.73. The highest BCUT2D eigenvalue weighted by atomic mass is 35.5. The van der Waals surface area contributed by atoms with Crippen molar-refractivity contribution in [2.45, 2.75) is 0 Å². The van der Waals surface area contributed by atoms with Gasteiger partial charge in [-0.15, -0.1) is 0 Å². The standard InChI is InChI=1S/C15H9ClN2O4/c16-11-4-2-8(6-12(11)17)18-13(19)9-3-1-7(15(21)22)5-10(9)14(18)20/h1-6H,17H2,(H,21,22). The second-order valence-electron chi connectivity index (χ2n) is 4.72. The van der Waals surface area contributed by atoms with Crippen LogP contribution in [0.2, 0.25) is 5.02 Å². The predicted octanol–water partition coefficient (Wildman–Crippen LogP) is 2.42. The topological polar surface area (TPSA) is 101 Å². The summed E-state index contributed by atoms with van der Waals surface area (Å²) in [5.74, 6) is -2.29. The molecule has 2 aromatic carbocycles. The third kappa shape index (κ3) is 2.01. The molecule has 0 aliphatic carbocycles. The molecule has 3 rings (SSSR count). The van der Waals surface area contributed by atoms with Crippen molar-refractivity contribution in [3.63, 3.8) is 0 Å². The lowest BCUT2D eigenvalue weighted by Gasteiger charge is -2.14. The normalized spacial score (nSPS) is 13.4. The van der Waals surface area contributed by atoms with E-state index in [0.717, 1.165) is 4.90 Å². The van der Waals surface area contributed by atoms with Crippen LogP contribution in [0.1, 0.15) is 31.1 Å². The second kappa shape index (κ2) is 4.85. The number of hydrogen-bond acceptors (Lipinski definition) is 4. The Hall–Kier alpha value is -2.86. The van der Waals surface area contributed by atoms with Gasteiger partial charge in [0.15, 0.2) is 0 Å². The molecule has 0 saturated carbocycles. The number of nitrogens with zero attached hydrogens (tertiary/aromatic N) is 1. The molecule has 0 saturated heterocycles. The van der Waals surface area contributed by atoms with Gasteiger partial charge in [0.2, 0.25) is 0 Å². The molecule has 7 heteroatoms. The number of halogens is 1. The molecule has 0 spiro atoms. The summed E-state index contributed by atoms with van der Waals surface area (Å²) in [5, 5.41) is 9.29. The summed E-state index contributed by atoms with van der Waals surface area (Å²) in [7, 11) is 0. The molecule has 6 nitrogen and oxygen atoms in total. The summed E-state index contributed by atoms with van der Waals surface area (Å²) in [6.07, 6.45) is 0. The van der Waals surface area contributed by atoms with Crippen LogP contribution in [0.4, 0.5) is 11.4 Å². The molecule has 22 heavy (non-hydrogen) atoms. The molecule has 0 bridgehead atoms. The number of fused-ring (bicyclic) bond motifs is 1. The van der Waals surface area contributed by atoms with Gasteiger partial charge < -0.3 is 10.8 Å². The number of carboxylic acids is 1. The van der Waals surface area contributed by atoms with Gasteiger partial charge in [0.1, 0.15) is 0 Å². The molecular formula is C15H9ClN2O4. The monoisotopic (exact) mass is 316 g/mol. The fourth-order valence-electron chi connectivity index (χ4n) is 2.28. The van der Waals surface area contributed by atoms with Crippen LogP contribution in [0.15, 0.2) is 36.4 Å². The summed E-state index contributed by atoms with van der Waals surface area (Å²) < 4.78 is 0. The lowest BCUT2D eigenvalue weighted by Crippen LogP contribution is -2.29. The summed E-state index contributed by atoms with van der Waals surface area (Å²) in [4.78, 5) is 36.7. The van der Waals surface area contributed by atoms with Gasteiger partial charge >= 0.3 is 5.97 Å². The van der Waals surface area contributed by atoms with Crippen molar-refractivity contribution < 1.29 is 19.5 Å². The Morgan fingerprint density at radius 3 is 2.36 bits per heavy atom. The third-order valence-corrected chi connectivity index (χ3v) is 3.72. The van der Waals surface area contributed by atoms with Gasteiger partial charge in [-0.1, -0.05) is 11.6 Å². The highest BCUT2D eigenvalue weighted by Gasteiger charge is 2.37. The molecule has 0 fully saturated rings. The molecule has 0 radical (unpaired) electrons. The second-order valence-corrected chi connectivity index (χ2v) is 5.12. The van der Waals surface area contributed by atoms with Crippen molar-refractivity contribution in [2.75, 3.05) is 10.6 Å². The van der Waals surface area contributed by atoms with Gasteiger partial charge in [-0.3, -0.25) is 9.59 Å². The zero-order chi connectivity index (χ0) is 16.0. The van der Waals surface area contributed by atoms with E-state index in [0.29, 0.717) is 5.02 Å². The number of imide groups is 1. The fraction of sp³-hybridized carbons (Fsp3) is 0. The van der Waals surface area contributed by atoms with Gasteiger partial charge in [0, 0.05) is 0 Å². The van der Waals surface area contributed by atoms with E-state index in [1.165, 1.54) is 36.4 Å². The first-order valence-corrected chi connectivity index (χ1v) is 6.59. The minimum atomic E-state index is -1.17. The smallest absolute Gasteiger partial charge is 0.335 e. The van der Waals surface area contributed by atoms with Gasteiger partial charge in [-0.05, 0) is 36.4 Å². The summed E-state index contributed by atoms with van der Waals surface area (Å²) in [6.45, 7) is 0. The maximum absolute atomic E-state index is 12.4. The Bertz CT molecular complexity index is 847.